The molecule has 2 rings (SSSR count). The molecule has 0 saturated carbocycles. The summed E-state index contributed by atoms with van der Waals surface area (Å²) < 4.78 is 13.1. The van der Waals surface area contributed by atoms with Gasteiger partial charge in [0.05, 0.1) is 13.2 Å². The molecule has 0 saturated heterocycles. The minimum atomic E-state index is 0.704. The zero-order chi connectivity index (χ0) is 14.2. The van der Waals surface area contributed by atoms with Crippen LogP contribution in [0.25, 0.3) is 10.9 Å². The first kappa shape index (κ1) is 14.9. The number of nitrogens with one attached hydrogen (secondary N) is 1. The van der Waals surface area contributed by atoms with Crippen molar-refractivity contribution in [1.29, 1.82) is 0 Å². The zero-order valence-electron chi connectivity index (χ0n) is 12.4. The summed E-state index contributed by atoms with van der Waals surface area (Å²) in [6.07, 6.45) is 2.13. The molecule has 0 fully saturated rings. The SMILES string of the molecule is CCOCCNCCn1ccc2cc(OCC)ccc21. The summed E-state index contributed by atoms with van der Waals surface area (Å²) in [4.78, 5) is 0. The predicted octanol–water partition coefficient (Wildman–Crippen LogP) is 2.67. The van der Waals surface area contributed by atoms with Gasteiger partial charge < -0.3 is 19.4 Å². The molecule has 0 unspecified atom stereocenters. The van der Waals surface area contributed by atoms with Gasteiger partial charge >= 0.3 is 0 Å². The predicted molar refractivity (Wildman–Crippen MR) is 82.5 cm³/mol. The van der Waals surface area contributed by atoms with Crippen molar-refractivity contribution in [3.63, 3.8) is 0 Å². The fourth-order valence-corrected chi connectivity index (χ4v) is 2.24. The van der Waals surface area contributed by atoms with E-state index in [0.29, 0.717) is 6.61 Å². The highest BCUT2D eigenvalue weighted by molar-refractivity contribution is 5.81. The van der Waals surface area contributed by atoms with Crippen LogP contribution in [0.2, 0.25) is 0 Å². The monoisotopic (exact) mass is 276 g/mol. The first-order chi connectivity index (χ1) is 9.85. The third kappa shape index (κ3) is 3.99. The van der Waals surface area contributed by atoms with Crippen molar-refractivity contribution < 1.29 is 9.47 Å². The van der Waals surface area contributed by atoms with Crippen LogP contribution in [0.5, 0.6) is 5.75 Å². The van der Waals surface area contributed by atoms with Crippen molar-refractivity contribution in [2.45, 2.75) is 20.4 Å². The van der Waals surface area contributed by atoms with Gasteiger partial charge in [-0.3, -0.25) is 0 Å². The van der Waals surface area contributed by atoms with Crippen molar-refractivity contribution in [2.75, 3.05) is 32.9 Å². The highest BCUT2D eigenvalue weighted by Gasteiger charge is 2.02. The Morgan fingerprint density at radius 2 is 2.00 bits per heavy atom. The highest BCUT2D eigenvalue weighted by Crippen LogP contribution is 2.21. The second kappa shape index (κ2) is 7.92. The molecule has 0 radical (unpaired) electrons. The molecule has 0 atom stereocenters. The quantitative estimate of drug-likeness (QED) is 0.715. The van der Waals surface area contributed by atoms with Gasteiger partial charge in [0, 0.05) is 43.3 Å². The molecule has 1 aromatic heterocycles. The molecule has 0 spiro atoms. The number of nitrogens with zero attached hydrogens (tertiary/aromatic N) is 1. The minimum Gasteiger partial charge on any atom is -0.494 e. The standard InChI is InChI=1S/C16H24N2O2/c1-3-19-12-9-17-8-11-18-10-7-14-13-15(20-4-2)5-6-16(14)18/h5-7,10,13,17H,3-4,8-9,11-12H2,1-2H3. The van der Waals surface area contributed by atoms with E-state index in [-0.39, 0.29) is 0 Å². The van der Waals surface area contributed by atoms with Crippen LogP contribution in [0.1, 0.15) is 13.8 Å². The molecule has 0 aliphatic carbocycles. The van der Waals surface area contributed by atoms with Crippen molar-refractivity contribution in [1.82, 2.24) is 9.88 Å². The van der Waals surface area contributed by atoms with E-state index in [1.807, 2.05) is 19.9 Å². The molecule has 110 valence electrons. The van der Waals surface area contributed by atoms with Crippen molar-refractivity contribution in [3.05, 3.63) is 30.5 Å². The molecule has 0 amide bonds. The Morgan fingerprint density at radius 3 is 2.80 bits per heavy atom. The van der Waals surface area contributed by atoms with Crippen molar-refractivity contribution >= 4 is 10.9 Å². The van der Waals surface area contributed by atoms with Crippen LogP contribution in [0.15, 0.2) is 30.5 Å². The summed E-state index contributed by atoms with van der Waals surface area (Å²) in [5, 5.41) is 4.61. The largest absolute Gasteiger partial charge is 0.494 e. The van der Waals surface area contributed by atoms with E-state index in [1.165, 1.54) is 10.9 Å². The van der Waals surface area contributed by atoms with E-state index < -0.39 is 0 Å². The van der Waals surface area contributed by atoms with Gasteiger partial charge in [-0.2, -0.15) is 0 Å². The molecule has 4 nitrogen and oxygen atoms in total. The van der Waals surface area contributed by atoms with Crippen LogP contribution < -0.4 is 10.1 Å². The number of benzene rings is 1. The summed E-state index contributed by atoms with van der Waals surface area (Å²) in [5.41, 5.74) is 1.25. The van der Waals surface area contributed by atoms with Crippen LogP contribution in [0, 0.1) is 0 Å². The van der Waals surface area contributed by atoms with E-state index in [9.17, 15) is 0 Å². The maximum atomic E-state index is 5.52. The first-order valence-electron chi connectivity index (χ1n) is 7.35. The second-order valence-corrected chi connectivity index (χ2v) is 4.61. The highest BCUT2D eigenvalue weighted by atomic mass is 16.5. The van der Waals surface area contributed by atoms with Crippen LogP contribution in [-0.2, 0) is 11.3 Å². The second-order valence-electron chi connectivity index (χ2n) is 4.61. The molecule has 0 aliphatic heterocycles. The van der Waals surface area contributed by atoms with E-state index in [2.05, 4.69) is 34.3 Å². The van der Waals surface area contributed by atoms with Gasteiger partial charge in [-0.15, -0.1) is 0 Å². The lowest BCUT2D eigenvalue weighted by Crippen LogP contribution is -2.23. The summed E-state index contributed by atoms with van der Waals surface area (Å²) in [7, 11) is 0. The van der Waals surface area contributed by atoms with Crippen LogP contribution in [-0.4, -0.2) is 37.5 Å². The van der Waals surface area contributed by atoms with Gasteiger partial charge in [0.25, 0.3) is 0 Å². The fourth-order valence-electron chi connectivity index (χ4n) is 2.24. The molecule has 4 heteroatoms. The molecule has 1 aromatic carbocycles. The Balaban J connectivity index is 1.87. The summed E-state index contributed by atoms with van der Waals surface area (Å²) in [6.45, 7) is 9.10. The number of hydrogen-bond acceptors (Lipinski definition) is 3. The Hall–Kier alpha value is -1.52. The lowest BCUT2D eigenvalue weighted by molar-refractivity contribution is 0.149. The molecule has 1 N–H and O–H groups in total. The Bertz CT molecular complexity index is 522. The summed E-state index contributed by atoms with van der Waals surface area (Å²) >= 11 is 0. The van der Waals surface area contributed by atoms with Crippen molar-refractivity contribution in [3.8, 4) is 5.75 Å². The lowest BCUT2D eigenvalue weighted by atomic mass is 10.2. The third-order valence-corrected chi connectivity index (χ3v) is 3.21. The summed E-state index contributed by atoms with van der Waals surface area (Å²) in [6, 6.07) is 8.39. The Morgan fingerprint density at radius 1 is 1.10 bits per heavy atom. The number of fused-ring (bicyclic) bond motifs is 1. The maximum absolute atomic E-state index is 5.52. The van der Waals surface area contributed by atoms with Crippen LogP contribution in [0.4, 0.5) is 0 Å². The molecule has 0 bridgehead atoms. The molecule has 20 heavy (non-hydrogen) atoms. The van der Waals surface area contributed by atoms with E-state index >= 15 is 0 Å². The van der Waals surface area contributed by atoms with Crippen molar-refractivity contribution in [2.24, 2.45) is 0 Å². The minimum absolute atomic E-state index is 0.704. The number of rotatable bonds is 9. The lowest BCUT2D eigenvalue weighted by Gasteiger charge is -2.08. The number of hydrogen-bond donors (Lipinski definition) is 1. The molecule has 2 aromatic rings. The Labute approximate surface area is 120 Å². The van der Waals surface area contributed by atoms with E-state index in [1.54, 1.807) is 0 Å². The number of aromatic nitrogens is 1. The van der Waals surface area contributed by atoms with Gasteiger partial charge in [0.1, 0.15) is 5.75 Å². The molecule has 0 aliphatic rings. The van der Waals surface area contributed by atoms with E-state index in [0.717, 1.165) is 38.6 Å². The number of ether oxygens (including phenoxy) is 2. The summed E-state index contributed by atoms with van der Waals surface area (Å²) in [5.74, 6) is 0.938. The topological polar surface area (TPSA) is 35.4 Å². The maximum Gasteiger partial charge on any atom is 0.120 e. The Kier molecular flexibility index (Phi) is 5.89. The average Bonchev–Trinajstić information content (AvgIpc) is 2.86. The van der Waals surface area contributed by atoms with Gasteiger partial charge in [0.15, 0.2) is 0 Å². The van der Waals surface area contributed by atoms with E-state index in [4.69, 9.17) is 9.47 Å². The fraction of sp³-hybridized carbons (Fsp3) is 0.500. The van der Waals surface area contributed by atoms with Crippen LogP contribution >= 0.6 is 0 Å². The molecular weight excluding hydrogens is 252 g/mol. The zero-order valence-corrected chi connectivity index (χ0v) is 12.4. The molecular formula is C16H24N2O2. The first-order valence-corrected chi connectivity index (χ1v) is 7.35. The van der Waals surface area contributed by atoms with Gasteiger partial charge in [-0.05, 0) is 38.1 Å². The van der Waals surface area contributed by atoms with Gasteiger partial charge in [-0.1, -0.05) is 0 Å². The normalized spacial score (nSPS) is 11.1. The van der Waals surface area contributed by atoms with Gasteiger partial charge in [-0.25, -0.2) is 0 Å². The third-order valence-electron chi connectivity index (χ3n) is 3.21. The van der Waals surface area contributed by atoms with Crippen LogP contribution in [0.3, 0.4) is 0 Å². The van der Waals surface area contributed by atoms with Gasteiger partial charge in [0.2, 0.25) is 0 Å². The average molecular weight is 276 g/mol. The molecule has 1 heterocycles. The smallest absolute Gasteiger partial charge is 0.120 e.